The molecule has 0 fully saturated rings. The molecule has 4 N–H and O–H groups in total. The van der Waals surface area contributed by atoms with Crippen molar-refractivity contribution in [1.29, 1.82) is 0 Å². The summed E-state index contributed by atoms with van der Waals surface area (Å²) in [6.07, 6.45) is 12.3. The molecule has 1 aliphatic rings. The van der Waals surface area contributed by atoms with Crippen LogP contribution in [0.3, 0.4) is 0 Å². The first-order chi connectivity index (χ1) is 18.0. The summed E-state index contributed by atoms with van der Waals surface area (Å²) in [5, 5.41) is 18.7. The molecule has 2 atom stereocenters. The molecule has 4 aromatic rings. The first-order valence-corrected chi connectivity index (χ1v) is 12.0. The van der Waals surface area contributed by atoms with Gasteiger partial charge < -0.3 is 21.1 Å². The Morgan fingerprint density at radius 2 is 2.19 bits per heavy atom. The molecular formula is C28H26N7O2-. The highest BCUT2D eigenvalue weighted by Gasteiger charge is 2.21. The lowest BCUT2D eigenvalue weighted by atomic mass is 10.0. The van der Waals surface area contributed by atoms with E-state index < -0.39 is 11.9 Å². The maximum absolute atomic E-state index is 14.0. The topological polar surface area (TPSA) is 140 Å². The second-order valence-corrected chi connectivity index (χ2v) is 8.73. The molecule has 0 bridgehead atoms. The van der Waals surface area contributed by atoms with Crippen LogP contribution in [0.4, 0.5) is 5.82 Å². The summed E-state index contributed by atoms with van der Waals surface area (Å²) in [4.78, 5) is 22.7. The summed E-state index contributed by atoms with van der Waals surface area (Å²) in [7, 11) is 0. The molecule has 0 radical (unpaired) electrons. The third-order valence-electron chi connectivity index (χ3n) is 6.27. The normalized spacial score (nSPS) is 16.2. The first kappa shape index (κ1) is 24.0. The highest BCUT2D eigenvalue weighted by atomic mass is 16.3. The van der Waals surface area contributed by atoms with Crippen LogP contribution in [0.1, 0.15) is 48.7 Å². The molecule has 3 aromatic heterocycles. The number of aromatic nitrogens is 4. The molecule has 1 aromatic carbocycles. The number of nitrogen functional groups attached to an aromatic ring is 1. The van der Waals surface area contributed by atoms with Crippen LogP contribution >= 0.6 is 0 Å². The van der Waals surface area contributed by atoms with Crippen molar-refractivity contribution in [3.05, 3.63) is 94.2 Å². The number of nitrogens with zero attached hydrogens (tertiary/aromatic N) is 5. The number of anilines is 1. The molecule has 9 nitrogen and oxygen atoms in total. The van der Waals surface area contributed by atoms with Crippen LogP contribution in [-0.4, -0.2) is 31.6 Å². The van der Waals surface area contributed by atoms with Crippen LogP contribution < -0.4 is 22.1 Å². The number of hydrogen-bond donors (Lipinski definition) is 2. The van der Waals surface area contributed by atoms with E-state index in [1.807, 2.05) is 48.6 Å². The molecule has 9 heteroatoms. The molecule has 0 saturated carbocycles. The van der Waals surface area contributed by atoms with E-state index in [4.69, 9.17) is 11.5 Å². The predicted octanol–water partition coefficient (Wildman–Crippen LogP) is 2.25. The summed E-state index contributed by atoms with van der Waals surface area (Å²) < 4.78 is 3.16. The largest absolute Gasteiger partial charge is 0.858 e. The average Bonchev–Trinajstić information content (AvgIpc) is 3.24. The number of aliphatic imine (C=N–C) groups is 1. The Hall–Kier alpha value is -4.68. The fraction of sp³-hybridized carbons (Fsp3) is 0.214. The molecule has 0 spiro atoms. The van der Waals surface area contributed by atoms with E-state index >= 15 is 0 Å². The van der Waals surface area contributed by atoms with E-state index in [1.54, 1.807) is 30.0 Å². The Kier molecular flexibility index (Phi) is 6.58. The highest BCUT2D eigenvalue weighted by Crippen LogP contribution is 2.28. The van der Waals surface area contributed by atoms with Crippen molar-refractivity contribution in [3.8, 4) is 11.8 Å². The van der Waals surface area contributed by atoms with Crippen LogP contribution in [-0.2, 0) is 0 Å². The number of pyridine rings is 1. The molecule has 3 heterocycles. The zero-order chi connectivity index (χ0) is 25.9. The summed E-state index contributed by atoms with van der Waals surface area (Å²) in [5.41, 5.74) is 13.2. The number of fused-ring (bicyclic) bond motifs is 2. The smallest absolute Gasteiger partial charge is 0.260 e. The molecule has 0 aliphatic heterocycles. The van der Waals surface area contributed by atoms with Gasteiger partial charge in [0.2, 0.25) is 0 Å². The number of hydrogen-bond acceptors (Lipinski definition) is 7. The van der Waals surface area contributed by atoms with E-state index in [9.17, 15) is 9.90 Å². The van der Waals surface area contributed by atoms with E-state index in [2.05, 4.69) is 26.9 Å². The minimum atomic E-state index is -0.644. The van der Waals surface area contributed by atoms with E-state index in [-0.39, 0.29) is 23.0 Å². The van der Waals surface area contributed by atoms with Gasteiger partial charge >= 0.3 is 0 Å². The molecule has 5 rings (SSSR count). The van der Waals surface area contributed by atoms with E-state index in [0.717, 1.165) is 5.39 Å². The number of nitrogens with two attached hydrogens (primary N) is 2. The standard InChI is InChI=1S/C28H27N7O2/c1-18(32-27(36)24-25(30)33-34-16-8-15-31-26(24)34)22-17-20-11-7-10-19(9-5-6-14-29)23(20)28(37)35(22)21-12-3-2-4-13-21/h2-4,7-8,10-12,15-18,21H,6,13-14,29H2,1H3,(H2,30,33)(H,32,36)/p-1. The van der Waals surface area contributed by atoms with Gasteiger partial charge in [-0.2, -0.15) is 0 Å². The molecule has 0 amide bonds. The Bertz CT molecular complexity index is 1700. The zero-order valence-electron chi connectivity index (χ0n) is 20.3. The number of allylic oxidation sites excluding steroid dienone is 4. The lowest BCUT2D eigenvalue weighted by molar-refractivity contribution is -0.213. The summed E-state index contributed by atoms with van der Waals surface area (Å²) in [6, 6.07) is 8.32. The van der Waals surface area contributed by atoms with Gasteiger partial charge in [0.1, 0.15) is 0 Å². The van der Waals surface area contributed by atoms with Gasteiger partial charge in [-0.1, -0.05) is 48.3 Å². The molecular weight excluding hydrogens is 466 g/mol. The van der Waals surface area contributed by atoms with Crippen molar-refractivity contribution in [2.45, 2.75) is 31.8 Å². The van der Waals surface area contributed by atoms with Gasteiger partial charge in [0.15, 0.2) is 11.5 Å². The first-order valence-electron chi connectivity index (χ1n) is 12.0. The Morgan fingerprint density at radius 3 is 2.97 bits per heavy atom. The lowest BCUT2D eigenvalue weighted by Gasteiger charge is -2.25. The average molecular weight is 493 g/mol. The Balaban J connectivity index is 1.68. The van der Waals surface area contributed by atoms with Gasteiger partial charge in [-0.15, -0.1) is 5.10 Å². The van der Waals surface area contributed by atoms with Gasteiger partial charge in [-0.3, -0.25) is 9.79 Å². The van der Waals surface area contributed by atoms with Gasteiger partial charge in [0, 0.05) is 36.6 Å². The Morgan fingerprint density at radius 1 is 1.32 bits per heavy atom. The molecule has 0 saturated heterocycles. The van der Waals surface area contributed by atoms with Crippen LogP contribution in [0.2, 0.25) is 0 Å². The minimum Gasteiger partial charge on any atom is -0.858 e. The molecule has 1 aliphatic carbocycles. The fourth-order valence-corrected chi connectivity index (χ4v) is 4.57. The van der Waals surface area contributed by atoms with Crippen molar-refractivity contribution >= 4 is 28.1 Å². The van der Waals surface area contributed by atoms with Gasteiger partial charge in [-0.25, -0.2) is 9.50 Å². The van der Waals surface area contributed by atoms with Crippen molar-refractivity contribution in [2.75, 3.05) is 12.3 Å². The molecule has 186 valence electrons. The maximum atomic E-state index is 14.0. The molecule has 37 heavy (non-hydrogen) atoms. The van der Waals surface area contributed by atoms with Crippen molar-refractivity contribution in [3.63, 3.8) is 0 Å². The molecule has 2 unspecified atom stereocenters. The van der Waals surface area contributed by atoms with Gasteiger partial charge in [0.25, 0.3) is 5.56 Å². The van der Waals surface area contributed by atoms with Crippen molar-refractivity contribution in [2.24, 2.45) is 10.7 Å². The third-order valence-corrected chi connectivity index (χ3v) is 6.27. The Labute approximate surface area is 213 Å². The monoisotopic (exact) mass is 492 g/mol. The zero-order valence-corrected chi connectivity index (χ0v) is 20.3. The number of rotatable bonds is 5. The van der Waals surface area contributed by atoms with Crippen LogP contribution in [0, 0.1) is 11.8 Å². The second-order valence-electron chi connectivity index (χ2n) is 8.73. The minimum absolute atomic E-state index is 0.0524. The van der Waals surface area contributed by atoms with E-state index in [0.29, 0.717) is 41.7 Å². The van der Waals surface area contributed by atoms with Crippen LogP contribution in [0.15, 0.2) is 76.8 Å². The third kappa shape index (κ3) is 4.50. The predicted molar refractivity (Wildman–Crippen MR) is 143 cm³/mol. The van der Waals surface area contributed by atoms with Gasteiger partial charge in [-0.05, 0) is 42.8 Å². The summed E-state index contributed by atoms with van der Waals surface area (Å²) >= 11 is 0. The fourth-order valence-electron chi connectivity index (χ4n) is 4.57. The van der Waals surface area contributed by atoms with Crippen molar-refractivity contribution < 1.29 is 5.11 Å². The second kappa shape index (κ2) is 10.1. The van der Waals surface area contributed by atoms with Crippen LogP contribution in [0.25, 0.3) is 16.4 Å². The van der Waals surface area contributed by atoms with Crippen LogP contribution in [0.5, 0.6) is 0 Å². The quantitative estimate of drug-likeness (QED) is 0.249. The maximum Gasteiger partial charge on any atom is 0.260 e. The SMILES string of the molecule is CC(N=C([O-])c1c(N)nn2cccnc12)c1cc2cccc(C#CCCN)c2c(=O)n1C1C=CC=CC1. The summed E-state index contributed by atoms with van der Waals surface area (Å²) in [6.45, 7) is 2.24. The highest BCUT2D eigenvalue weighted by molar-refractivity contribution is 6.01. The van der Waals surface area contributed by atoms with E-state index in [1.165, 1.54) is 4.52 Å². The lowest BCUT2D eigenvalue weighted by Crippen LogP contribution is -2.29. The number of benzene rings is 1. The van der Waals surface area contributed by atoms with Gasteiger partial charge in [0.05, 0.1) is 23.0 Å². The summed E-state index contributed by atoms with van der Waals surface area (Å²) in [5.74, 6) is 5.64. The van der Waals surface area contributed by atoms with Crippen molar-refractivity contribution in [1.82, 2.24) is 19.2 Å².